The van der Waals surface area contributed by atoms with Gasteiger partial charge in [-0.05, 0) is 29.8 Å². The van der Waals surface area contributed by atoms with Crippen LogP contribution in [0.15, 0.2) is 35.5 Å². The molecule has 0 bridgehead atoms. The van der Waals surface area contributed by atoms with E-state index in [0.29, 0.717) is 29.4 Å². The summed E-state index contributed by atoms with van der Waals surface area (Å²) in [5.74, 6) is -0.545. The van der Waals surface area contributed by atoms with Crippen molar-refractivity contribution in [3.63, 3.8) is 0 Å². The molecule has 0 aliphatic carbocycles. The minimum atomic E-state index is -0.774. The van der Waals surface area contributed by atoms with Crippen LogP contribution in [0.5, 0.6) is 0 Å². The molecular formula is C20H26FN5O2. The molecule has 0 amide bonds. The van der Waals surface area contributed by atoms with E-state index in [1.54, 1.807) is 25.1 Å². The zero-order valence-corrected chi connectivity index (χ0v) is 16.3. The summed E-state index contributed by atoms with van der Waals surface area (Å²) in [6.07, 6.45) is 6.62. The van der Waals surface area contributed by atoms with Crippen LogP contribution in [0.2, 0.25) is 0 Å². The molecular weight excluding hydrogens is 361 g/mol. The first kappa shape index (κ1) is 20.0. The molecule has 3 rings (SSSR count). The molecule has 1 aromatic heterocycles. The fourth-order valence-corrected chi connectivity index (χ4v) is 3.39. The van der Waals surface area contributed by atoms with Crippen molar-refractivity contribution in [1.82, 2.24) is 20.2 Å². The third-order valence-electron chi connectivity index (χ3n) is 4.86. The van der Waals surface area contributed by atoms with Crippen LogP contribution in [0.4, 0.5) is 10.3 Å². The largest absolute Gasteiger partial charge is 0.462 e. The lowest BCUT2D eigenvalue weighted by molar-refractivity contribution is -0.139. The number of hydrogen-bond acceptors (Lipinski definition) is 6. The van der Waals surface area contributed by atoms with Crippen molar-refractivity contribution < 1.29 is 13.9 Å². The van der Waals surface area contributed by atoms with Gasteiger partial charge in [-0.15, -0.1) is 0 Å². The molecule has 0 radical (unpaired) electrons. The second-order valence-electron chi connectivity index (χ2n) is 6.94. The number of anilines is 1. The Labute approximate surface area is 164 Å². The summed E-state index contributed by atoms with van der Waals surface area (Å²) in [4.78, 5) is 12.8. The fraction of sp³-hybridized carbons (Fsp3) is 0.500. The molecule has 0 saturated carbocycles. The fourth-order valence-electron chi connectivity index (χ4n) is 3.39. The summed E-state index contributed by atoms with van der Waals surface area (Å²) in [6, 6.07) is 5.54. The molecule has 2 heterocycles. The van der Waals surface area contributed by atoms with Crippen LogP contribution in [0, 0.1) is 5.82 Å². The Morgan fingerprint density at radius 2 is 1.96 bits per heavy atom. The summed E-state index contributed by atoms with van der Waals surface area (Å²) in [7, 11) is 0. The molecule has 1 unspecified atom stereocenters. The third kappa shape index (κ3) is 4.37. The molecule has 1 N–H and O–H groups in total. The zero-order chi connectivity index (χ0) is 19.9. The summed E-state index contributed by atoms with van der Waals surface area (Å²) in [5, 5.41) is 14.5. The summed E-state index contributed by atoms with van der Waals surface area (Å²) >= 11 is 0. The highest BCUT2D eigenvalue weighted by Gasteiger charge is 2.36. The zero-order valence-electron chi connectivity index (χ0n) is 16.3. The molecule has 8 heteroatoms. The number of esters is 1. The second kappa shape index (κ2) is 9.43. The van der Waals surface area contributed by atoms with Crippen LogP contribution in [0.3, 0.4) is 0 Å². The van der Waals surface area contributed by atoms with Gasteiger partial charge in [0.15, 0.2) is 0 Å². The number of carbonyl (C=O) groups is 1. The van der Waals surface area contributed by atoms with Gasteiger partial charge in [-0.1, -0.05) is 62.3 Å². The topological polar surface area (TPSA) is 81.9 Å². The van der Waals surface area contributed by atoms with E-state index < -0.39 is 17.8 Å². The number of allylic oxidation sites excluding steroid dienone is 1. The van der Waals surface area contributed by atoms with Gasteiger partial charge in [0.1, 0.15) is 11.9 Å². The van der Waals surface area contributed by atoms with Gasteiger partial charge >= 0.3 is 5.97 Å². The summed E-state index contributed by atoms with van der Waals surface area (Å²) in [6.45, 7) is 4.26. The lowest BCUT2D eigenvalue weighted by Gasteiger charge is -2.27. The van der Waals surface area contributed by atoms with Gasteiger partial charge in [0, 0.05) is 11.3 Å². The number of nitrogens with one attached hydrogen (secondary N) is 1. The highest BCUT2D eigenvalue weighted by atomic mass is 19.1. The highest BCUT2D eigenvalue weighted by Crippen LogP contribution is 2.35. The van der Waals surface area contributed by atoms with Crippen molar-refractivity contribution in [2.75, 3.05) is 11.9 Å². The van der Waals surface area contributed by atoms with Crippen molar-refractivity contribution in [3.8, 4) is 0 Å². The van der Waals surface area contributed by atoms with Crippen molar-refractivity contribution in [2.45, 2.75) is 58.4 Å². The molecule has 0 spiro atoms. The maximum atomic E-state index is 14.5. The van der Waals surface area contributed by atoms with Crippen molar-refractivity contribution in [3.05, 3.63) is 46.9 Å². The minimum absolute atomic E-state index is 0.316. The van der Waals surface area contributed by atoms with Crippen LogP contribution in [0.25, 0.3) is 0 Å². The number of fused-ring (bicyclic) bond motifs is 1. The predicted molar refractivity (Wildman–Crippen MR) is 103 cm³/mol. The molecule has 0 saturated heterocycles. The molecule has 1 aliphatic rings. The minimum Gasteiger partial charge on any atom is -0.462 e. The molecule has 28 heavy (non-hydrogen) atoms. The standard InChI is InChI=1S/C20H26FN5O2/c1-3-4-5-6-7-10-13-28-19(27)17-14(2)22-20-23-24-25-26(20)18(17)15-11-8-9-12-16(15)21/h8-9,11-12,18H,3-7,10,13H2,1-2H3,(H,22,23,25). The molecule has 1 aromatic carbocycles. The Morgan fingerprint density at radius 1 is 1.21 bits per heavy atom. The lowest BCUT2D eigenvalue weighted by Crippen LogP contribution is -2.30. The smallest absolute Gasteiger partial charge is 0.338 e. The van der Waals surface area contributed by atoms with E-state index in [-0.39, 0.29) is 0 Å². The quantitative estimate of drug-likeness (QED) is 0.517. The number of rotatable bonds is 9. The van der Waals surface area contributed by atoms with Gasteiger partial charge in [0.2, 0.25) is 5.95 Å². The summed E-state index contributed by atoms with van der Waals surface area (Å²) < 4.78 is 21.4. The normalized spacial score (nSPS) is 15.9. The second-order valence-corrected chi connectivity index (χ2v) is 6.94. The van der Waals surface area contributed by atoms with Gasteiger partial charge in [0.25, 0.3) is 0 Å². The van der Waals surface area contributed by atoms with Gasteiger partial charge in [0.05, 0.1) is 12.2 Å². The van der Waals surface area contributed by atoms with E-state index in [4.69, 9.17) is 4.74 Å². The Bertz CT molecular complexity index is 849. The highest BCUT2D eigenvalue weighted by molar-refractivity contribution is 5.92. The third-order valence-corrected chi connectivity index (χ3v) is 4.86. The number of carbonyl (C=O) groups excluding carboxylic acids is 1. The first-order valence-corrected chi connectivity index (χ1v) is 9.80. The van der Waals surface area contributed by atoms with E-state index in [0.717, 1.165) is 19.3 Å². The first-order valence-electron chi connectivity index (χ1n) is 9.80. The van der Waals surface area contributed by atoms with E-state index in [1.165, 1.54) is 30.0 Å². The number of aromatic nitrogens is 4. The monoisotopic (exact) mass is 387 g/mol. The Balaban J connectivity index is 1.74. The van der Waals surface area contributed by atoms with E-state index in [9.17, 15) is 9.18 Å². The average Bonchev–Trinajstić information content (AvgIpc) is 3.14. The molecule has 7 nitrogen and oxygen atoms in total. The SMILES string of the molecule is CCCCCCCCOC(=O)C1=C(C)Nc2nnnn2C1c1ccccc1F. The number of halogens is 1. The molecule has 1 atom stereocenters. The van der Waals surface area contributed by atoms with E-state index in [1.807, 2.05) is 0 Å². The number of unbranched alkanes of at least 4 members (excludes halogenated alkanes) is 5. The van der Waals surface area contributed by atoms with Crippen LogP contribution >= 0.6 is 0 Å². The Hall–Kier alpha value is -2.77. The molecule has 0 fully saturated rings. The lowest BCUT2D eigenvalue weighted by atomic mass is 9.95. The van der Waals surface area contributed by atoms with Gasteiger partial charge < -0.3 is 10.1 Å². The maximum Gasteiger partial charge on any atom is 0.338 e. The summed E-state index contributed by atoms with van der Waals surface area (Å²) in [5.41, 5.74) is 1.20. The Morgan fingerprint density at radius 3 is 2.75 bits per heavy atom. The van der Waals surface area contributed by atoms with Crippen LogP contribution in [-0.2, 0) is 9.53 Å². The number of benzene rings is 1. The maximum absolute atomic E-state index is 14.5. The number of hydrogen-bond donors (Lipinski definition) is 1. The molecule has 2 aromatic rings. The van der Waals surface area contributed by atoms with E-state index in [2.05, 4.69) is 27.8 Å². The van der Waals surface area contributed by atoms with Crippen LogP contribution in [0.1, 0.15) is 64.0 Å². The molecule has 1 aliphatic heterocycles. The van der Waals surface area contributed by atoms with Gasteiger partial charge in [-0.3, -0.25) is 0 Å². The van der Waals surface area contributed by atoms with Crippen molar-refractivity contribution in [1.29, 1.82) is 0 Å². The van der Waals surface area contributed by atoms with Crippen molar-refractivity contribution >= 4 is 11.9 Å². The predicted octanol–water partition coefficient (Wildman–Crippen LogP) is 4.00. The average molecular weight is 387 g/mol. The van der Waals surface area contributed by atoms with Crippen LogP contribution in [-0.4, -0.2) is 32.8 Å². The Kier molecular flexibility index (Phi) is 6.73. The van der Waals surface area contributed by atoms with Crippen molar-refractivity contribution in [2.24, 2.45) is 0 Å². The number of nitrogens with zero attached hydrogens (tertiary/aromatic N) is 4. The number of tetrazole rings is 1. The van der Waals surface area contributed by atoms with E-state index >= 15 is 0 Å². The van der Waals surface area contributed by atoms with Gasteiger partial charge in [-0.2, -0.15) is 4.68 Å². The van der Waals surface area contributed by atoms with Crippen LogP contribution < -0.4 is 5.32 Å². The molecule has 150 valence electrons. The first-order chi connectivity index (χ1) is 13.6. The van der Waals surface area contributed by atoms with Gasteiger partial charge in [-0.25, -0.2) is 9.18 Å². The number of ether oxygens (including phenoxy) is 1.